The minimum absolute atomic E-state index is 0.0397. The number of carbonyl (C=O) groups excluding carboxylic acids is 4. The Balaban J connectivity index is 0.000000421. The van der Waals surface area contributed by atoms with Crippen molar-refractivity contribution < 1.29 is 37.5 Å². The quantitative estimate of drug-likeness (QED) is 0.0196. The molecule has 11 nitrogen and oxygen atoms in total. The Morgan fingerprint density at radius 3 is 1.36 bits per heavy atom. The van der Waals surface area contributed by atoms with Crippen LogP contribution in [0.15, 0.2) is 72.8 Å². The van der Waals surface area contributed by atoms with Gasteiger partial charge in [-0.3, -0.25) is 24.2 Å². The van der Waals surface area contributed by atoms with E-state index in [4.69, 9.17) is 35.8 Å². The van der Waals surface area contributed by atoms with Gasteiger partial charge in [0, 0.05) is 27.8 Å². The lowest BCUT2D eigenvalue weighted by molar-refractivity contribution is 0.0376. The van der Waals surface area contributed by atoms with Crippen LogP contribution in [0.25, 0.3) is 0 Å². The van der Waals surface area contributed by atoms with Crippen LogP contribution in [0.1, 0.15) is 151 Å². The minimum Gasteiger partial charge on any atom is -0.496 e. The molecule has 402 valence electrons. The number of ether oxygens (including phenoxy) is 2. The molecule has 2 N–H and O–H groups in total. The fourth-order valence-electron chi connectivity index (χ4n) is 7.43. The van der Waals surface area contributed by atoms with Gasteiger partial charge in [-0.05, 0) is 152 Å². The summed E-state index contributed by atoms with van der Waals surface area (Å²) in [5, 5.41) is 1.00. The standard InChI is InChI=1S/C30H45NO4Si.C19H34N2O2Si.C10H10ClO2/c1-12-24-25(14-13-15-27(24)34-9)26(32)19-31(28(33)23-17-21(2)16-22(3)18-23)30(7,8)20-35-36(10,11)29(4,5)6;1-14-10-15(2)12-16(11-14)17(22)21(20)19(6,7)13-23-24(8,9)18(3,4)5;1-3-7-8(10(11)12)5-4-6-9(7)13-2/h13-18H,12,19-20H2,1-11H3;10-12H,13,20H2,1-9H3;4-6H,1,3H2,2H3/q;;+1. The van der Waals surface area contributed by atoms with Crippen molar-refractivity contribution >= 4 is 51.1 Å². The van der Waals surface area contributed by atoms with E-state index >= 15 is 0 Å². The van der Waals surface area contributed by atoms with Gasteiger partial charge in [-0.25, -0.2) is 5.84 Å². The smallest absolute Gasteiger partial charge is 0.268 e. The number of halogens is 1. The van der Waals surface area contributed by atoms with Crippen LogP contribution in [0.5, 0.6) is 11.5 Å². The molecule has 4 aromatic rings. The summed E-state index contributed by atoms with van der Waals surface area (Å²) >= 11 is 5.39. The Hall–Kier alpha value is -4.77. The molecular weight excluding hydrogens is 970 g/mol. The number of methoxy groups -OCH3 is 2. The third kappa shape index (κ3) is 17.7. The fraction of sp³-hybridized carbons (Fsp3) is 0.508. The second kappa shape index (κ2) is 26.1. The highest BCUT2D eigenvalue weighted by molar-refractivity contribution is 6.74. The van der Waals surface area contributed by atoms with Gasteiger partial charge in [0.15, 0.2) is 22.4 Å². The lowest BCUT2D eigenvalue weighted by Gasteiger charge is -2.43. The largest absolute Gasteiger partial charge is 0.496 e. The average molecular weight is 1060 g/mol. The highest BCUT2D eigenvalue weighted by Gasteiger charge is 2.42. The van der Waals surface area contributed by atoms with Gasteiger partial charge in [-0.2, -0.15) is 0 Å². The topological polar surface area (TPSA) is 138 Å². The van der Waals surface area contributed by atoms with Crippen LogP contribution < -0.4 is 15.3 Å². The Morgan fingerprint density at radius 1 is 0.603 bits per heavy atom. The number of benzene rings is 4. The molecule has 0 saturated heterocycles. The zero-order valence-corrected chi connectivity index (χ0v) is 51.0. The summed E-state index contributed by atoms with van der Waals surface area (Å²) in [6.07, 6.45) is 1.14. The molecule has 4 rings (SSSR count). The maximum absolute atomic E-state index is 14.0. The first-order valence-corrected chi connectivity index (χ1v) is 31.3. The molecule has 14 heteroatoms. The van der Waals surface area contributed by atoms with Crippen LogP contribution in [0.4, 0.5) is 0 Å². The molecule has 0 heterocycles. The van der Waals surface area contributed by atoms with Gasteiger partial charge in [-0.1, -0.05) is 101 Å². The lowest BCUT2D eigenvalue weighted by Crippen LogP contribution is -2.57. The molecule has 0 aliphatic rings. The molecule has 0 saturated carbocycles. The first-order chi connectivity index (χ1) is 33.4. The highest BCUT2D eigenvalue weighted by atomic mass is 35.5. The van der Waals surface area contributed by atoms with E-state index in [1.807, 2.05) is 117 Å². The molecule has 0 aliphatic carbocycles. The SMILES string of the molecule is CCc1c(OC)cccc1C(=O)CN(C(=O)c1cc(C)cc(C)c1)C(C)(C)CO[Si](C)(C)C(C)(C)C.Cc1cc(C)cc(C(=O)N(N)C(C)(C)CO[Si](C)(C)C(C)(C)C)c1.[CH2+]Cc1c(OC)cccc1C(=O)Cl. The minimum atomic E-state index is -2.06. The number of ketones is 1. The fourth-order valence-corrected chi connectivity index (χ4v) is 9.90. The number of hydrogen-bond donors (Lipinski definition) is 1. The van der Waals surface area contributed by atoms with E-state index in [0.717, 1.165) is 33.4 Å². The maximum atomic E-state index is 14.0. The molecule has 0 aromatic heterocycles. The number of carbonyl (C=O) groups is 4. The third-order valence-corrected chi connectivity index (χ3v) is 23.3. The monoisotopic (exact) mass is 1060 g/mol. The number of rotatable bonds is 18. The Kier molecular flexibility index (Phi) is 23.0. The van der Waals surface area contributed by atoms with E-state index < -0.39 is 33.0 Å². The van der Waals surface area contributed by atoms with Gasteiger partial charge in [-0.15, -0.1) is 0 Å². The van der Waals surface area contributed by atoms with Gasteiger partial charge in [0.2, 0.25) is 0 Å². The van der Waals surface area contributed by atoms with Crippen molar-refractivity contribution in [3.63, 3.8) is 0 Å². The van der Waals surface area contributed by atoms with E-state index in [1.54, 1.807) is 37.3 Å². The van der Waals surface area contributed by atoms with E-state index in [-0.39, 0.29) is 34.2 Å². The van der Waals surface area contributed by atoms with Gasteiger partial charge >= 0.3 is 0 Å². The second-order valence-electron chi connectivity index (χ2n) is 23.3. The number of Topliss-reactive ketones (excluding diaryl/α,β-unsaturated/α-hetero) is 1. The highest BCUT2D eigenvalue weighted by Crippen LogP contribution is 2.39. The van der Waals surface area contributed by atoms with Crippen LogP contribution in [0.2, 0.25) is 36.3 Å². The van der Waals surface area contributed by atoms with Crippen molar-refractivity contribution in [2.24, 2.45) is 5.84 Å². The van der Waals surface area contributed by atoms with Crippen molar-refractivity contribution in [2.45, 2.75) is 164 Å². The zero-order chi connectivity index (χ0) is 56.2. The molecule has 73 heavy (non-hydrogen) atoms. The van der Waals surface area contributed by atoms with Crippen molar-refractivity contribution in [1.29, 1.82) is 0 Å². The number of nitrogens with two attached hydrogens (primary N) is 1. The van der Waals surface area contributed by atoms with Crippen LogP contribution in [0.3, 0.4) is 0 Å². The summed E-state index contributed by atoms with van der Waals surface area (Å²) in [6, 6.07) is 22.3. The summed E-state index contributed by atoms with van der Waals surface area (Å²) in [5.41, 5.74) is 6.75. The van der Waals surface area contributed by atoms with Gasteiger partial charge < -0.3 is 23.2 Å². The van der Waals surface area contributed by atoms with Gasteiger partial charge in [0.1, 0.15) is 17.9 Å². The molecule has 0 aliphatic heterocycles. The van der Waals surface area contributed by atoms with Crippen molar-refractivity contribution in [2.75, 3.05) is 34.0 Å². The predicted octanol–water partition coefficient (Wildman–Crippen LogP) is 13.9. The predicted molar refractivity (Wildman–Crippen MR) is 307 cm³/mol. The molecule has 4 aromatic carbocycles. The molecule has 0 atom stereocenters. The van der Waals surface area contributed by atoms with E-state index in [1.165, 1.54) is 5.01 Å². The number of hydrogen-bond acceptors (Lipinski definition) is 9. The molecule has 0 bridgehead atoms. The molecular formula is C59H89ClN3O8Si2+. The number of aryl methyl sites for hydroxylation is 4. The molecule has 0 unspecified atom stereocenters. The Morgan fingerprint density at radius 2 is 0.986 bits per heavy atom. The number of hydrazine groups is 1. The number of nitrogens with zero attached hydrogens (tertiary/aromatic N) is 2. The average Bonchev–Trinajstić information content (AvgIpc) is 3.29. The van der Waals surface area contributed by atoms with Crippen molar-refractivity contribution in [3.05, 3.63) is 135 Å². The summed E-state index contributed by atoms with van der Waals surface area (Å²) < 4.78 is 23.4. The molecule has 2 amide bonds. The third-order valence-electron chi connectivity index (χ3n) is 14.1. The van der Waals surface area contributed by atoms with Crippen molar-refractivity contribution in [1.82, 2.24) is 9.91 Å². The van der Waals surface area contributed by atoms with Crippen LogP contribution in [0, 0.1) is 34.6 Å². The lowest BCUT2D eigenvalue weighted by atomic mass is 9.96. The van der Waals surface area contributed by atoms with E-state index in [2.05, 4.69) is 74.7 Å². The van der Waals surface area contributed by atoms with Crippen LogP contribution in [-0.2, 0) is 21.7 Å². The zero-order valence-electron chi connectivity index (χ0n) is 48.3. The summed E-state index contributed by atoms with van der Waals surface area (Å²) in [7, 11) is -0.785. The molecule has 0 spiro atoms. The Bertz CT molecular complexity index is 2500. The first kappa shape index (κ1) is 64.3. The second-order valence-corrected chi connectivity index (χ2v) is 33.3. The van der Waals surface area contributed by atoms with E-state index in [9.17, 15) is 19.2 Å². The van der Waals surface area contributed by atoms with Crippen molar-refractivity contribution in [3.8, 4) is 11.5 Å². The summed E-state index contributed by atoms with van der Waals surface area (Å²) in [4.78, 5) is 53.1. The summed E-state index contributed by atoms with van der Waals surface area (Å²) in [5.74, 6) is 7.08. The van der Waals surface area contributed by atoms with Gasteiger partial charge in [0.25, 0.3) is 17.1 Å². The maximum Gasteiger partial charge on any atom is 0.268 e. The van der Waals surface area contributed by atoms with E-state index in [0.29, 0.717) is 59.8 Å². The number of amides is 2. The molecule has 0 radical (unpaired) electrons. The Labute approximate surface area is 447 Å². The normalized spacial score (nSPS) is 12.2. The first-order valence-electron chi connectivity index (χ1n) is 25.1. The van der Waals surface area contributed by atoms with Gasteiger partial charge in [0.05, 0.1) is 57.5 Å². The van der Waals surface area contributed by atoms with Crippen LogP contribution >= 0.6 is 11.6 Å². The molecule has 0 fully saturated rings. The summed E-state index contributed by atoms with van der Waals surface area (Å²) in [6.45, 7) is 44.3. The van der Waals surface area contributed by atoms with Crippen LogP contribution in [-0.4, -0.2) is 94.4 Å².